The molecule has 12 atom stereocenters. The molecule has 3 aliphatic heterocycles. The molecule has 2 saturated heterocycles. The zero-order chi connectivity index (χ0) is 28.6. The van der Waals surface area contributed by atoms with Gasteiger partial charge >= 0.3 is 11.9 Å². The van der Waals surface area contributed by atoms with Gasteiger partial charge in [0.05, 0.1) is 44.2 Å². The molecular formula is C26H38O13. The van der Waals surface area contributed by atoms with E-state index in [0.717, 1.165) is 6.26 Å². The molecule has 0 spiro atoms. The molecule has 3 heterocycles. The summed E-state index contributed by atoms with van der Waals surface area (Å²) < 4.78 is 27.8. The highest BCUT2D eigenvalue weighted by Crippen LogP contribution is 2.46. The second kappa shape index (κ2) is 11.8. The predicted octanol–water partition coefficient (Wildman–Crippen LogP) is -1.52. The molecule has 0 aromatic rings. The van der Waals surface area contributed by atoms with Crippen molar-refractivity contribution in [2.24, 2.45) is 23.7 Å². The maximum atomic E-state index is 13.1. The van der Waals surface area contributed by atoms with Gasteiger partial charge in [-0.2, -0.15) is 0 Å². The molecule has 0 aromatic carbocycles. The van der Waals surface area contributed by atoms with Crippen LogP contribution in [0.2, 0.25) is 0 Å². The first-order valence-electron chi connectivity index (χ1n) is 13.1. The number of hydrogen-bond acceptors (Lipinski definition) is 13. The van der Waals surface area contributed by atoms with Crippen molar-refractivity contribution < 1.29 is 63.9 Å². The van der Waals surface area contributed by atoms with Crippen LogP contribution in [0, 0.1) is 23.7 Å². The van der Waals surface area contributed by atoms with Gasteiger partial charge in [-0.3, -0.25) is 4.79 Å². The Morgan fingerprint density at radius 1 is 1.08 bits per heavy atom. The Kier molecular flexibility index (Phi) is 9.03. The fourth-order valence-corrected chi connectivity index (χ4v) is 6.03. The average molecular weight is 559 g/mol. The minimum Gasteiger partial charge on any atom is -0.468 e. The number of allylic oxidation sites excluding steroid dienone is 1. The lowest BCUT2D eigenvalue weighted by Crippen LogP contribution is -2.60. The zero-order valence-electron chi connectivity index (χ0n) is 22.1. The van der Waals surface area contributed by atoms with E-state index in [4.69, 9.17) is 23.7 Å². The lowest BCUT2D eigenvalue weighted by molar-refractivity contribution is -0.327. The fourth-order valence-electron chi connectivity index (χ4n) is 6.03. The van der Waals surface area contributed by atoms with Crippen molar-refractivity contribution in [1.82, 2.24) is 0 Å². The first-order chi connectivity index (χ1) is 18.4. The summed E-state index contributed by atoms with van der Waals surface area (Å²) in [6, 6.07) is 0. The van der Waals surface area contributed by atoms with Crippen molar-refractivity contribution in [3.05, 3.63) is 23.5 Å². The highest BCUT2D eigenvalue weighted by Gasteiger charge is 2.56. The summed E-state index contributed by atoms with van der Waals surface area (Å²) >= 11 is 0. The number of fused-ring (bicyclic) bond motifs is 2. The van der Waals surface area contributed by atoms with E-state index in [0.29, 0.717) is 12.0 Å². The van der Waals surface area contributed by atoms with Crippen molar-refractivity contribution in [2.45, 2.75) is 82.3 Å². The third-order valence-corrected chi connectivity index (χ3v) is 8.50. The molecule has 0 aromatic heterocycles. The van der Waals surface area contributed by atoms with Crippen molar-refractivity contribution in [2.75, 3.05) is 19.8 Å². The summed E-state index contributed by atoms with van der Waals surface area (Å²) in [5.74, 6) is -3.77. The van der Waals surface area contributed by atoms with Crippen LogP contribution in [-0.4, -0.2) is 111 Å². The van der Waals surface area contributed by atoms with Gasteiger partial charge in [0.15, 0.2) is 6.29 Å². The standard InChI is InChI=1S/C26H38O13/c1-4-13-14-6-19(29)35-10-16-11(2)5-18(28)26(16,34)12(3)8-36-23(33)15(14)9-37-24(13)39-25-22(32)21(31)20(30)17(7-27)38-25/h4,9,11-12,14,16-18,20-22,24-25,27-28,30-32,34H,5-8,10H2,1-3H3/b13-4+. The zero-order valence-corrected chi connectivity index (χ0v) is 22.1. The Hall–Kier alpha value is -2.10. The second-order valence-corrected chi connectivity index (χ2v) is 10.8. The molecule has 0 amide bonds. The quantitative estimate of drug-likeness (QED) is 0.172. The van der Waals surface area contributed by atoms with Gasteiger partial charge in [-0.1, -0.05) is 19.9 Å². The molecule has 3 fully saturated rings. The number of carbonyl (C=O) groups excluding carboxylic acids is 2. The number of rotatable bonds is 3. The van der Waals surface area contributed by atoms with Crippen LogP contribution in [0.25, 0.3) is 0 Å². The van der Waals surface area contributed by atoms with Crippen LogP contribution in [0.4, 0.5) is 0 Å². The minimum absolute atomic E-state index is 0.00893. The van der Waals surface area contributed by atoms with Gasteiger partial charge in [0.25, 0.3) is 0 Å². The van der Waals surface area contributed by atoms with Crippen LogP contribution < -0.4 is 0 Å². The number of aliphatic hydroxyl groups excluding tert-OH is 5. The molecule has 220 valence electrons. The Bertz CT molecular complexity index is 979. The van der Waals surface area contributed by atoms with Gasteiger partial charge in [0, 0.05) is 23.3 Å². The monoisotopic (exact) mass is 558 g/mol. The second-order valence-electron chi connectivity index (χ2n) is 10.8. The first-order valence-corrected chi connectivity index (χ1v) is 13.1. The lowest BCUT2D eigenvalue weighted by atomic mass is 9.77. The summed E-state index contributed by atoms with van der Waals surface area (Å²) in [7, 11) is 0. The molecule has 13 heteroatoms. The minimum atomic E-state index is -1.69. The van der Waals surface area contributed by atoms with E-state index < -0.39 is 85.0 Å². The number of hydrogen-bond donors (Lipinski definition) is 6. The number of esters is 2. The Morgan fingerprint density at radius 2 is 1.79 bits per heavy atom. The fraction of sp³-hybridized carbons (Fsp3) is 0.769. The van der Waals surface area contributed by atoms with E-state index in [1.807, 2.05) is 6.92 Å². The topological polar surface area (TPSA) is 202 Å². The molecule has 1 aliphatic carbocycles. The van der Waals surface area contributed by atoms with E-state index in [9.17, 15) is 40.2 Å². The number of aliphatic hydroxyl groups is 6. The van der Waals surface area contributed by atoms with Crippen LogP contribution in [0.5, 0.6) is 0 Å². The van der Waals surface area contributed by atoms with Gasteiger partial charge in [-0.25, -0.2) is 4.79 Å². The molecule has 1 saturated carbocycles. The molecule has 12 unspecified atom stereocenters. The number of cyclic esters (lactones) is 2. The SMILES string of the molecule is C/C=C1/C(OC2OC(CO)C(O)C(O)C2O)OC=C2C(=O)OCC(C)C3(O)C(O)CC(C)C3COC(=O)CC21. The smallest absolute Gasteiger partial charge is 0.337 e. The van der Waals surface area contributed by atoms with E-state index in [-0.39, 0.29) is 31.1 Å². The molecule has 4 aliphatic rings. The molecule has 6 N–H and O–H groups in total. The molecule has 0 radical (unpaired) electrons. The molecule has 13 nitrogen and oxygen atoms in total. The largest absolute Gasteiger partial charge is 0.468 e. The Morgan fingerprint density at radius 3 is 2.46 bits per heavy atom. The van der Waals surface area contributed by atoms with Crippen LogP contribution in [0.3, 0.4) is 0 Å². The Balaban J connectivity index is 1.58. The van der Waals surface area contributed by atoms with Gasteiger partial charge in [0.2, 0.25) is 6.29 Å². The van der Waals surface area contributed by atoms with Crippen LogP contribution in [0.1, 0.15) is 33.6 Å². The van der Waals surface area contributed by atoms with E-state index in [1.54, 1.807) is 19.9 Å². The van der Waals surface area contributed by atoms with Crippen molar-refractivity contribution in [3.8, 4) is 0 Å². The lowest BCUT2D eigenvalue weighted by Gasteiger charge is -2.42. The molecule has 39 heavy (non-hydrogen) atoms. The maximum absolute atomic E-state index is 13.1. The normalized spacial score (nSPS) is 46.5. The van der Waals surface area contributed by atoms with Gasteiger partial charge < -0.3 is 54.3 Å². The van der Waals surface area contributed by atoms with E-state index >= 15 is 0 Å². The highest BCUT2D eigenvalue weighted by molar-refractivity contribution is 5.91. The molecule has 0 bridgehead atoms. The van der Waals surface area contributed by atoms with Crippen molar-refractivity contribution >= 4 is 11.9 Å². The average Bonchev–Trinajstić information content (AvgIpc) is 3.13. The summed E-state index contributed by atoms with van der Waals surface area (Å²) in [6.07, 6.45) is -7.38. The highest BCUT2D eigenvalue weighted by atomic mass is 16.8. The first kappa shape index (κ1) is 29.9. The third kappa shape index (κ3) is 5.46. The van der Waals surface area contributed by atoms with E-state index in [2.05, 4.69) is 0 Å². The van der Waals surface area contributed by atoms with Crippen molar-refractivity contribution in [3.63, 3.8) is 0 Å². The molecule has 4 rings (SSSR count). The third-order valence-electron chi connectivity index (χ3n) is 8.50. The van der Waals surface area contributed by atoms with Crippen LogP contribution >= 0.6 is 0 Å². The predicted molar refractivity (Wildman–Crippen MR) is 129 cm³/mol. The van der Waals surface area contributed by atoms with Crippen LogP contribution in [0.15, 0.2) is 23.5 Å². The summed E-state index contributed by atoms with van der Waals surface area (Å²) in [6.45, 7) is 4.14. The number of carbonyl (C=O) groups is 2. The van der Waals surface area contributed by atoms with Gasteiger partial charge in [-0.05, 0) is 19.3 Å². The van der Waals surface area contributed by atoms with Crippen LogP contribution in [-0.2, 0) is 33.3 Å². The van der Waals surface area contributed by atoms with Gasteiger partial charge in [0.1, 0.15) is 30.0 Å². The summed E-state index contributed by atoms with van der Waals surface area (Å²) in [4.78, 5) is 26.1. The Labute approximate surface area is 225 Å². The maximum Gasteiger partial charge on any atom is 0.337 e. The molecular weight excluding hydrogens is 520 g/mol. The summed E-state index contributed by atoms with van der Waals surface area (Å²) in [5.41, 5.74) is -1.32. The van der Waals surface area contributed by atoms with Crippen molar-refractivity contribution in [1.29, 1.82) is 0 Å². The number of ether oxygens (including phenoxy) is 5. The van der Waals surface area contributed by atoms with E-state index in [1.165, 1.54) is 0 Å². The van der Waals surface area contributed by atoms with Gasteiger partial charge in [-0.15, -0.1) is 0 Å². The summed E-state index contributed by atoms with van der Waals surface area (Å²) in [5, 5.41) is 62.0.